The van der Waals surface area contributed by atoms with E-state index < -0.39 is 10.2 Å². The maximum Gasteiger partial charge on any atom is 0.282 e. The fourth-order valence-electron chi connectivity index (χ4n) is 3.82. The Bertz CT molecular complexity index is 412. The van der Waals surface area contributed by atoms with E-state index in [0.29, 0.717) is 19.0 Å². The number of piperazine rings is 1. The standard InChI is InChI=1S/C13H25N3O2S.ClH/c17-19(18,15-9-6-14-7-10-15)16-8-5-12-3-1-2-4-13(12)11-16;/h12-14H,1-11H2;1H. The predicted octanol–water partition coefficient (Wildman–Crippen LogP) is 1.07. The molecule has 5 nitrogen and oxygen atoms in total. The molecule has 2 aliphatic heterocycles. The molecule has 3 aliphatic rings. The van der Waals surface area contributed by atoms with Crippen LogP contribution in [-0.2, 0) is 10.2 Å². The van der Waals surface area contributed by atoms with Gasteiger partial charge in [-0.05, 0) is 24.7 Å². The molecule has 7 heteroatoms. The summed E-state index contributed by atoms with van der Waals surface area (Å²) < 4.78 is 28.7. The number of hydrogen-bond donors (Lipinski definition) is 1. The maximum atomic E-state index is 12.6. The van der Waals surface area contributed by atoms with Crippen molar-refractivity contribution in [1.82, 2.24) is 13.9 Å². The van der Waals surface area contributed by atoms with E-state index in [1.807, 2.05) is 0 Å². The molecule has 0 radical (unpaired) electrons. The third kappa shape index (κ3) is 3.30. The van der Waals surface area contributed by atoms with E-state index in [2.05, 4.69) is 5.32 Å². The number of rotatable bonds is 2. The van der Waals surface area contributed by atoms with Crippen molar-refractivity contribution in [2.45, 2.75) is 32.1 Å². The zero-order valence-corrected chi connectivity index (χ0v) is 13.6. The summed E-state index contributed by atoms with van der Waals surface area (Å²) in [4.78, 5) is 0. The molecule has 0 spiro atoms. The Labute approximate surface area is 128 Å². The van der Waals surface area contributed by atoms with Crippen molar-refractivity contribution in [2.75, 3.05) is 39.3 Å². The van der Waals surface area contributed by atoms with Crippen LogP contribution in [0.25, 0.3) is 0 Å². The zero-order valence-electron chi connectivity index (χ0n) is 12.0. The van der Waals surface area contributed by atoms with Crippen LogP contribution in [0, 0.1) is 11.8 Å². The van der Waals surface area contributed by atoms with Gasteiger partial charge >= 0.3 is 0 Å². The van der Waals surface area contributed by atoms with Crippen molar-refractivity contribution in [2.24, 2.45) is 11.8 Å². The highest BCUT2D eigenvalue weighted by molar-refractivity contribution is 7.86. The Hall–Kier alpha value is 0.120. The van der Waals surface area contributed by atoms with E-state index in [0.717, 1.165) is 38.5 Å². The summed E-state index contributed by atoms with van der Waals surface area (Å²) in [6, 6.07) is 0. The monoisotopic (exact) mass is 323 g/mol. The van der Waals surface area contributed by atoms with E-state index in [4.69, 9.17) is 0 Å². The smallest absolute Gasteiger partial charge is 0.282 e. The number of piperidine rings is 1. The minimum Gasteiger partial charge on any atom is -0.314 e. The molecular formula is C13H26ClN3O2S. The Morgan fingerprint density at radius 3 is 2.20 bits per heavy atom. The average molecular weight is 324 g/mol. The molecule has 1 aliphatic carbocycles. The average Bonchev–Trinajstić information content (AvgIpc) is 2.47. The van der Waals surface area contributed by atoms with Gasteiger partial charge in [-0.2, -0.15) is 17.0 Å². The van der Waals surface area contributed by atoms with Gasteiger partial charge in [0.15, 0.2) is 0 Å². The molecule has 0 amide bonds. The predicted molar refractivity (Wildman–Crippen MR) is 82.2 cm³/mol. The van der Waals surface area contributed by atoms with Gasteiger partial charge in [0.25, 0.3) is 10.2 Å². The highest BCUT2D eigenvalue weighted by Gasteiger charge is 2.38. The Morgan fingerprint density at radius 2 is 1.50 bits per heavy atom. The van der Waals surface area contributed by atoms with Crippen molar-refractivity contribution in [3.05, 3.63) is 0 Å². The first-order valence-electron chi connectivity index (χ1n) is 7.64. The number of halogens is 1. The molecule has 118 valence electrons. The van der Waals surface area contributed by atoms with Crippen LogP contribution in [0.5, 0.6) is 0 Å². The molecule has 0 aromatic carbocycles. The molecule has 2 atom stereocenters. The number of nitrogens with one attached hydrogen (secondary N) is 1. The van der Waals surface area contributed by atoms with Crippen LogP contribution < -0.4 is 5.32 Å². The lowest BCUT2D eigenvalue weighted by Gasteiger charge is -2.42. The summed E-state index contributed by atoms with van der Waals surface area (Å²) in [7, 11) is -3.21. The van der Waals surface area contributed by atoms with Gasteiger partial charge in [0.1, 0.15) is 0 Å². The lowest BCUT2D eigenvalue weighted by Crippen LogP contribution is -2.54. The van der Waals surface area contributed by atoms with E-state index in [1.165, 1.54) is 25.7 Å². The Kier molecular flexibility index (Phi) is 5.71. The molecule has 20 heavy (non-hydrogen) atoms. The molecular weight excluding hydrogens is 298 g/mol. The first-order valence-corrected chi connectivity index (χ1v) is 9.03. The normalized spacial score (nSPS) is 33.2. The van der Waals surface area contributed by atoms with Gasteiger partial charge in [0.05, 0.1) is 0 Å². The second-order valence-electron chi connectivity index (χ2n) is 6.11. The Morgan fingerprint density at radius 1 is 0.850 bits per heavy atom. The minimum absolute atomic E-state index is 0. The Balaban J connectivity index is 0.00000147. The van der Waals surface area contributed by atoms with Crippen LogP contribution in [-0.4, -0.2) is 56.3 Å². The summed E-state index contributed by atoms with van der Waals surface area (Å²) in [5.41, 5.74) is 0. The molecule has 0 aromatic rings. The highest BCUT2D eigenvalue weighted by Crippen LogP contribution is 2.37. The third-order valence-electron chi connectivity index (χ3n) is 4.98. The number of hydrogen-bond acceptors (Lipinski definition) is 3. The summed E-state index contributed by atoms with van der Waals surface area (Å²) in [6.07, 6.45) is 6.22. The highest BCUT2D eigenvalue weighted by atomic mass is 35.5. The van der Waals surface area contributed by atoms with Crippen LogP contribution in [0.4, 0.5) is 0 Å². The first-order chi connectivity index (χ1) is 9.18. The molecule has 1 saturated carbocycles. The SMILES string of the molecule is Cl.O=S(=O)(N1CCNCC1)N1CCC2CCCCC2C1. The molecule has 2 unspecified atom stereocenters. The van der Waals surface area contributed by atoms with Gasteiger partial charge in [-0.3, -0.25) is 0 Å². The lowest BCUT2D eigenvalue weighted by atomic mass is 9.76. The molecule has 1 N–H and O–H groups in total. The summed E-state index contributed by atoms with van der Waals surface area (Å²) in [5, 5.41) is 3.21. The second kappa shape index (κ2) is 6.92. The van der Waals surface area contributed by atoms with Crippen LogP contribution in [0.15, 0.2) is 0 Å². The van der Waals surface area contributed by atoms with Crippen molar-refractivity contribution in [3.8, 4) is 0 Å². The van der Waals surface area contributed by atoms with E-state index >= 15 is 0 Å². The first kappa shape index (κ1) is 16.5. The van der Waals surface area contributed by atoms with Crippen LogP contribution in [0.1, 0.15) is 32.1 Å². The second-order valence-corrected chi connectivity index (χ2v) is 8.04. The van der Waals surface area contributed by atoms with Crippen molar-refractivity contribution >= 4 is 22.6 Å². The molecule has 0 aromatic heterocycles. The van der Waals surface area contributed by atoms with Crippen molar-refractivity contribution < 1.29 is 8.42 Å². The fourth-order valence-corrected chi connectivity index (χ4v) is 5.50. The van der Waals surface area contributed by atoms with Gasteiger partial charge in [0.2, 0.25) is 0 Å². The van der Waals surface area contributed by atoms with Crippen LogP contribution in [0.3, 0.4) is 0 Å². The van der Waals surface area contributed by atoms with Crippen LogP contribution in [0.2, 0.25) is 0 Å². The van der Waals surface area contributed by atoms with Crippen LogP contribution >= 0.6 is 12.4 Å². The van der Waals surface area contributed by atoms with Gasteiger partial charge in [-0.15, -0.1) is 12.4 Å². The molecule has 0 bridgehead atoms. The van der Waals surface area contributed by atoms with Gasteiger partial charge in [-0.25, -0.2) is 0 Å². The fraction of sp³-hybridized carbons (Fsp3) is 1.00. The third-order valence-corrected chi connectivity index (χ3v) is 6.98. The summed E-state index contributed by atoms with van der Waals surface area (Å²) in [6.45, 7) is 4.28. The van der Waals surface area contributed by atoms with Crippen molar-refractivity contribution in [3.63, 3.8) is 0 Å². The summed E-state index contributed by atoms with van der Waals surface area (Å²) >= 11 is 0. The largest absolute Gasteiger partial charge is 0.314 e. The van der Waals surface area contributed by atoms with E-state index in [9.17, 15) is 8.42 Å². The van der Waals surface area contributed by atoms with Crippen molar-refractivity contribution in [1.29, 1.82) is 0 Å². The van der Waals surface area contributed by atoms with Gasteiger partial charge in [-0.1, -0.05) is 19.3 Å². The van der Waals surface area contributed by atoms with E-state index in [1.54, 1.807) is 8.61 Å². The van der Waals surface area contributed by atoms with Gasteiger partial charge in [0, 0.05) is 39.3 Å². The number of nitrogens with zero attached hydrogens (tertiary/aromatic N) is 2. The molecule has 3 fully saturated rings. The quantitative estimate of drug-likeness (QED) is 0.827. The maximum absolute atomic E-state index is 12.6. The zero-order chi connectivity index (χ0) is 13.3. The topological polar surface area (TPSA) is 52.7 Å². The van der Waals surface area contributed by atoms with Gasteiger partial charge < -0.3 is 5.32 Å². The molecule has 3 rings (SSSR count). The number of fused-ring (bicyclic) bond motifs is 1. The lowest BCUT2D eigenvalue weighted by molar-refractivity contribution is 0.130. The summed E-state index contributed by atoms with van der Waals surface area (Å²) in [5.74, 6) is 1.39. The molecule has 2 heterocycles. The minimum atomic E-state index is -3.21. The molecule has 2 saturated heterocycles. The van der Waals surface area contributed by atoms with E-state index in [-0.39, 0.29) is 12.4 Å².